The van der Waals surface area contributed by atoms with Gasteiger partial charge in [-0.2, -0.15) is 0 Å². The van der Waals surface area contributed by atoms with Crippen molar-refractivity contribution in [1.29, 1.82) is 0 Å². The summed E-state index contributed by atoms with van der Waals surface area (Å²) in [6.45, 7) is 8.91. The first-order valence-corrected chi connectivity index (χ1v) is 12.6. The van der Waals surface area contributed by atoms with E-state index in [1.54, 1.807) is 48.5 Å². The van der Waals surface area contributed by atoms with Crippen molar-refractivity contribution >= 4 is 21.6 Å². The largest absolute Gasteiger partial charge is 0.491 e. The Labute approximate surface area is 202 Å². The number of nitrogens with one attached hydrogen (secondary N) is 1. The van der Waals surface area contributed by atoms with Gasteiger partial charge >= 0.3 is 0 Å². The van der Waals surface area contributed by atoms with Crippen LogP contribution in [-0.2, 0) is 15.4 Å². The molecular weight excluding hydrogens is 448 g/mol. The van der Waals surface area contributed by atoms with Gasteiger partial charge in [0.15, 0.2) is 0 Å². The van der Waals surface area contributed by atoms with Crippen LogP contribution in [0.25, 0.3) is 0 Å². The highest BCUT2D eigenvalue weighted by atomic mass is 32.2. The number of carbonyl (C=O) groups excluding carboxylic acids is 1. The van der Waals surface area contributed by atoms with Crippen LogP contribution < -0.4 is 14.4 Å². The molecule has 7 heteroatoms. The first kappa shape index (κ1) is 25.3. The number of benzene rings is 3. The van der Waals surface area contributed by atoms with Crippen LogP contribution >= 0.6 is 0 Å². The number of amides is 1. The smallest absolute Gasteiger partial charge is 0.264 e. The Bertz CT molecular complexity index is 1250. The van der Waals surface area contributed by atoms with E-state index in [0.29, 0.717) is 24.4 Å². The molecule has 0 heterocycles. The summed E-state index contributed by atoms with van der Waals surface area (Å²) in [5.41, 5.74) is 2.81. The van der Waals surface area contributed by atoms with Gasteiger partial charge < -0.3 is 10.1 Å². The van der Waals surface area contributed by atoms with Crippen molar-refractivity contribution in [3.8, 4) is 5.75 Å². The molecule has 0 aliphatic rings. The number of anilines is 1. The van der Waals surface area contributed by atoms with Crippen LogP contribution in [-0.4, -0.2) is 34.5 Å². The highest BCUT2D eigenvalue weighted by Gasteiger charge is 2.22. The van der Waals surface area contributed by atoms with Gasteiger partial charge in [0.2, 0.25) is 0 Å². The molecule has 0 bridgehead atoms. The summed E-state index contributed by atoms with van der Waals surface area (Å²) < 4.78 is 33.0. The minimum atomic E-state index is -3.74. The van der Waals surface area contributed by atoms with E-state index < -0.39 is 10.0 Å². The molecule has 0 atom stereocenters. The van der Waals surface area contributed by atoms with Crippen LogP contribution in [0, 0.1) is 6.92 Å². The minimum absolute atomic E-state index is 0.0504. The Hall–Kier alpha value is -3.32. The first-order chi connectivity index (χ1) is 16.0. The average Bonchev–Trinajstić information content (AvgIpc) is 2.81. The summed E-state index contributed by atoms with van der Waals surface area (Å²) >= 11 is 0. The Kier molecular flexibility index (Phi) is 7.67. The Morgan fingerprint density at radius 3 is 2.32 bits per heavy atom. The second kappa shape index (κ2) is 10.3. The second-order valence-electron chi connectivity index (χ2n) is 9.19. The number of aryl methyl sites for hydroxylation is 1. The standard InChI is InChI=1S/C27H32N2O4S/c1-20-13-15-23(16-14-20)34(31,32)29(5)22-10-8-9-21(19-22)26(30)28-17-18-33-25-12-7-6-11-24(25)27(2,3)4/h6-16,19H,17-18H2,1-5H3,(H,28,30). The second-order valence-corrected chi connectivity index (χ2v) is 11.2. The molecule has 0 aromatic heterocycles. The zero-order chi connectivity index (χ0) is 24.9. The molecule has 3 aromatic rings. The number of hydrogen-bond donors (Lipinski definition) is 1. The molecule has 1 N–H and O–H groups in total. The van der Waals surface area contributed by atoms with Crippen molar-refractivity contribution in [2.45, 2.75) is 38.0 Å². The lowest BCUT2D eigenvalue weighted by molar-refractivity contribution is 0.0947. The number of rotatable bonds is 8. The molecule has 180 valence electrons. The molecule has 0 saturated heterocycles. The van der Waals surface area contributed by atoms with Crippen LogP contribution in [0.1, 0.15) is 42.3 Å². The third-order valence-corrected chi connectivity index (χ3v) is 7.29. The van der Waals surface area contributed by atoms with E-state index in [0.717, 1.165) is 16.9 Å². The Balaban J connectivity index is 1.64. The predicted molar refractivity (Wildman–Crippen MR) is 136 cm³/mol. The van der Waals surface area contributed by atoms with Crippen molar-refractivity contribution in [2.75, 3.05) is 24.5 Å². The molecule has 0 aliphatic carbocycles. The van der Waals surface area contributed by atoms with Gasteiger partial charge in [0.1, 0.15) is 12.4 Å². The molecular formula is C27H32N2O4S. The van der Waals surface area contributed by atoms with Gasteiger partial charge in [-0.1, -0.05) is 62.7 Å². The summed E-state index contributed by atoms with van der Waals surface area (Å²) in [4.78, 5) is 12.9. The maximum absolute atomic E-state index is 13.0. The lowest BCUT2D eigenvalue weighted by atomic mass is 9.86. The van der Waals surface area contributed by atoms with Crippen LogP contribution in [0.3, 0.4) is 0 Å². The van der Waals surface area contributed by atoms with E-state index >= 15 is 0 Å². The Morgan fingerprint density at radius 1 is 0.971 bits per heavy atom. The number of sulfonamides is 1. The van der Waals surface area contributed by atoms with Crippen molar-refractivity contribution in [3.05, 3.63) is 89.5 Å². The van der Waals surface area contributed by atoms with E-state index in [2.05, 4.69) is 26.1 Å². The van der Waals surface area contributed by atoms with E-state index in [4.69, 9.17) is 4.74 Å². The van der Waals surface area contributed by atoms with Gasteiger partial charge in [0, 0.05) is 12.6 Å². The van der Waals surface area contributed by atoms with E-state index in [1.807, 2.05) is 31.2 Å². The number of ether oxygens (including phenoxy) is 1. The van der Waals surface area contributed by atoms with Crippen LogP contribution in [0.4, 0.5) is 5.69 Å². The molecule has 3 aromatic carbocycles. The van der Waals surface area contributed by atoms with Crippen molar-refractivity contribution in [2.24, 2.45) is 0 Å². The van der Waals surface area contributed by atoms with Gasteiger partial charge in [0.25, 0.3) is 15.9 Å². The van der Waals surface area contributed by atoms with Gasteiger partial charge in [-0.15, -0.1) is 0 Å². The molecule has 0 aliphatic heterocycles. The number of nitrogens with zero attached hydrogens (tertiary/aromatic N) is 1. The molecule has 0 radical (unpaired) electrons. The topological polar surface area (TPSA) is 75.7 Å². The normalized spacial score (nSPS) is 11.7. The first-order valence-electron chi connectivity index (χ1n) is 11.2. The lowest BCUT2D eigenvalue weighted by Crippen LogP contribution is -2.29. The number of hydrogen-bond acceptors (Lipinski definition) is 4. The van der Waals surface area contributed by atoms with Gasteiger partial charge in [0.05, 0.1) is 17.1 Å². The van der Waals surface area contributed by atoms with E-state index in [1.165, 1.54) is 11.4 Å². The highest BCUT2D eigenvalue weighted by Crippen LogP contribution is 2.30. The van der Waals surface area contributed by atoms with Crippen LogP contribution in [0.5, 0.6) is 5.75 Å². The third kappa shape index (κ3) is 5.97. The number of carbonyl (C=O) groups is 1. The van der Waals surface area contributed by atoms with Crippen molar-refractivity contribution in [3.63, 3.8) is 0 Å². The molecule has 1 amide bonds. The summed E-state index contributed by atoms with van der Waals surface area (Å²) in [6.07, 6.45) is 0. The van der Waals surface area contributed by atoms with Crippen molar-refractivity contribution < 1.29 is 17.9 Å². The maximum Gasteiger partial charge on any atom is 0.264 e. The molecule has 34 heavy (non-hydrogen) atoms. The van der Waals surface area contributed by atoms with Crippen LogP contribution in [0.15, 0.2) is 77.7 Å². The fraction of sp³-hybridized carbons (Fsp3) is 0.296. The van der Waals surface area contributed by atoms with Crippen LogP contribution in [0.2, 0.25) is 0 Å². The lowest BCUT2D eigenvalue weighted by Gasteiger charge is -2.22. The fourth-order valence-corrected chi connectivity index (χ4v) is 4.68. The molecule has 0 fully saturated rings. The zero-order valence-corrected chi connectivity index (χ0v) is 21.1. The van der Waals surface area contributed by atoms with E-state index in [9.17, 15) is 13.2 Å². The average molecular weight is 481 g/mol. The van der Waals surface area contributed by atoms with Gasteiger partial charge in [-0.25, -0.2) is 8.42 Å². The molecule has 6 nitrogen and oxygen atoms in total. The summed E-state index contributed by atoms with van der Waals surface area (Å²) in [7, 11) is -2.26. The zero-order valence-electron chi connectivity index (χ0n) is 20.3. The molecule has 3 rings (SSSR count). The predicted octanol–water partition coefficient (Wildman–Crippen LogP) is 4.93. The SMILES string of the molecule is Cc1ccc(S(=O)(=O)N(C)c2cccc(C(=O)NCCOc3ccccc3C(C)(C)C)c2)cc1. The number of para-hydroxylation sites is 1. The minimum Gasteiger partial charge on any atom is -0.491 e. The quantitative estimate of drug-likeness (QED) is 0.464. The third-order valence-electron chi connectivity index (χ3n) is 5.49. The maximum atomic E-state index is 13.0. The summed E-state index contributed by atoms with van der Waals surface area (Å²) in [6, 6.07) is 21.1. The molecule has 0 unspecified atom stereocenters. The van der Waals surface area contributed by atoms with Gasteiger partial charge in [-0.3, -0.25) is 9.10 Å². The monoisotopic (exact) mass is 480 g/mol. The fourth-order valence-electron chi connectivity index (χ4n) is 3.49. The summed E-state index contributed by atoms with van der Waals surface area (Å²) in [5.74, 6) is 0.505. The summed E-state index contributed by atoms with van der Waals surface area (Å²) in [5, 5.41) is 2.84. The Morgan fingerprint density at radius 2 is 1.65 bits per heavy atom. The highest BCUT2D eigenvalue weighted by molar-refractivity contribution is 7.92. The molecule has 0 saturated carbocycles. The van der Waals surface area contributed by atoms with Gasteiger partial charge in [-0.05, 0) is 54.3 Å². The van der Waals surface area contributed by atoms with E-state index in [-0.39, 0.29) is 16.2 Å². The van der Waals surface area contributed by atoms with Crippen molar-refractivity contribution in [1.82, 2.24) is 5.32 Å². The molecule has 0 spiro atoms.